The predicted octanol–water partition coefficient (Wildman–Crippen LogP) is 4.41. The highest BCUT2D eigenvalue weighted by Gasteiger charge is 2.33. The van der Waals surface area contributed by atoms with Gasteiger partial charge in [0.05, 0.1) is 5.69 Å². The van der Waals surface area contributed by atoms with Gasteiger partial charge in [0.1, 0.15) is 0 Å². The molecule has 1 aromatic heterocycles. The van der Waals surface area contributed by atoms with E-state index in [9.17, 15) is 0 Å². The summed E-state index contributed by atoms with van der Waals surface area (Å²) >= 11 is 0. The molecule has 0 amide bonds. The standard InChI is InChI=1S/C16H26N2/c1-12-9-13(11-17-10-12)18-15-8-6-5-7-14(15)16(2,3)4/h9-11,14-15,18H,5-8H2,1-4H3. The molecule has 1 saturated carbocycles. The Hall–Kier alpha value is -1.05. The van der Waals surface area contributed by atoms with E-state index in [0.29, 0.717) is 11.5 Å². The summed E-state index contributed by atoms with van der Waals surface area (Å²) in [7, 11) is 0. The Balaban J connectivity index is 2.10. The summed E-state index contributed by atoms with van der Waals surface area (Å²) in [5.74, 6) is 0.756. The van der Waals surface area contributed by atoms with Crippen LogP contribution in [-0.4, -0.2) is 11.0 Å². The summed E-state index contributed by atoms with van der Waals surface area (Å²) in [6, 6.07) is 2.80. The smallest absolute Gasteiger partial charge is 0.0531 e. The van der Waals surface area contributed by atoms with Gasteiger partial charge in [0.15, 0.2) is 0 Å². The molecule has 0 saturated heterocycles. The largest absolute Gasteiger partial charge is 0.381 e. The first-order chi connectivity index (χ1) is 8.47. The van der Waals surface area contributed by atoms with Crippen LogP contribution in [0.25, 0.3) is 0 Å². The molecule has 0 aromatic carbocycles. The SMILES string of the molecule is Cc1cncc(NC2CCCCC2C(C)(C)C)c1. The van der Waals surface area contributed by atoms with Crippen LogP contribution in [0, 0.1) is 18.3 Å². The molecule has 1 aromatic rings. The van der Waals surface area contributed by atoms with E-state index in [1.165, 1.54) is 36.9 Å². The molecule has 18 heavy (non-hydrogen) atoms. The van der Waals surface area contributed by atoms with Crippen molar-refractivity contribution in [3.63, 3.8) is 0 Å². The lowest BCUT2D eigenvalue weighted by Crippen LogP contribution is -2.39. The van der Waals surface area contributed by atoms with Gasteiger partial charge in [0.25, 0.3) is 0 Å². The molecular weight excluding hydrogens is 220 g/mol. The molecule has 0 radical (unpaired) electrons. The van der Waals surface area contributed by atoms with Crippen molar-refractivity contribution in [2.24, 2.45) is 11.3 Å². The Morgan fingerprint density at radius 3 is 2.56 bits per heavy atom. The third-order valence-electron chi connectivity index (χ3n) is 4.11. The van der Waals surface area contributed by atoms with Gasteiger partial charge in [-0.3, -0.25) is 4.98 Å². The summed E-state index contributed by atoms with van der Waals surface area (Å²) in [6.45, 7) is 9.20. The lowest BCUT2D eigenvalue weighted by atomic mass is 9.69. The second kappa shape index (κ2) is 5.29. The van der Waals surface area contributed by atoms with Gasteiger partial charge >= 0.3 is 0 Å². The first kappa shape index (κ1) is 13.4. The van der Waals surface area contributed by atoms with E-state index >= 15 is 0 Å². The first-order valence-electron chi connectivity index (χ1n) is 7.15. The van der Waals surface area contributed by atoms with Crippen molar-refractivity contribution in [1.82, 2.24) is 4.98 Å². The highest BCUT2D eigenvalue weighted by atomic mass is 14.9. The van der Waals surface area contributed by atoms with Crippen LogP contribution in [0.4, 0.5) is 5.69 Å². The second-order valence-electron chi connectivity index (χ2n) is 6.76. The fourth-order valence-corrected chi connectivity index (χ4v) is 3.19. The first-order valence-corrected chi connectivity index (χ1v) is 7.15. The number of aromatic nitrogens is 1. The van der Waals surface area contributed by atoms with Crippen LogP contribution in [0.5, 0.6) is 0 Å². The Morgan fingerprint density at radius 2 is 1.89 bits per heavy atom. The van der Waals surface area contributed by atoms with Crippen molar-refractivity contribution in [3.05, 3.63) is 24.0 Å². The number of nitrogens with one attached hydrogen (secondary N) is 1. The third-order valence-corrected chi connectivity index (χ3v) is 4.11. The van der Waals surface area contributed by atoms with Crippen LogP contribution in [0.1, 0.15) is 52.0 Å². The van der Waals surface area contributed by atoms with Crippen LogP contribution in [0.15, 0.2) is 18.5 Å². The van der Waals surface area contributed by atoms with Crippen molar-refractivity contribution in [2.45, 2.75) is 59.4 Å². The average molecular weight is 246 g/mol. The molecule has 1 aliphatic rings. The molecule has 0 spiro atoms. The topological polar surface area (TPSA) is 24.9 Å². The average Bonchev–Trinajstić information content (AvgIpc) is 2.28. The van der Waals surface area contributed by atoms with Gasteiger partial charge in [0, 0.05) is 18.4 Å². The monoisotopic (exact) mass is 246 g/mol. The minimum atomic E-state index is 0.384. The maximum absolute atomic E-state index is 4.27. The fourth-order valence-electron chi connectivity index (χ4n) is 3.19. The Kier molecular flexibility index (Phi) is 3.94. The molecule has 1 heterocycles. The van der Waals surface area contributed by atoms with Crippen LogP contribution in [0.3, 0.4) is 0 Å². The molecule has 1 fully saturated rings. The molecule has 2 unspecified atom stereocenters. The van der Waals surface area contributed by atoms with Crippen molar-refractivity contribution in [2.75, 3.05) is 5.32 Å². The normalized spacial score (nSPS) is 24.9. The van der Waals surface area contributed by atoms with Crippen molar-refractivity contribution >= 4 is 5.69 Å². The molecule has 1 aliphatic carbocycles. The molecule has 2 atom stereocenters. The molecule has 2 heteroatoms. The summed E-state index contributed by atoms with van der Waals surface area (Å²) in [6.07, 6.45) is 9.22. The van der Waals surface area contributed by atoms with Gasteiger partial charge in [-0.15, -0.1) is 0 Å². The molecule has 100 valence electrons. The zero-order valence-corrected chi connectivity index (χ0v) is 12.2. The number of pyridine rings is 1. The number of rotatable bonds is 2. The Labute approximate surface area is 111 Å². The van der Waals surface area contributed by atoms with E-state index in [-0.39, 0.29) is 0 Å². The van der Waals surface area contributed by atoms with Crippen molar-refractivity contribution < 1.29 is 0 Å². The molecule has 0 aliphatic heterocycles. The Morgan fingerprint density at radius 1 is 1.17 bits per heavy atom. The summed E-state index contributed by atoms with van der Waals surface area (Å²) in [4.78, 5) is 4.27. The lowest BCUT2D eigenvalue weighted by Gasteiger charge is -2.41. The van der Waals surface area contributed by atoms with Crippen molar-refractivity contribution in [1.29, 1.82) is 0 Å². The van der Waals surface area contributed by atoms with E-state index < -0.39 is 0 Å². The zero-order chi connectivity index (χ0) is 13.2. The summed E-state index contributed by atoms with van der Waals surface area (Å²) in [5, 5.41) is 3.72. The summed E-state index contributed by atoms with van der Waals surface area (Å²) < 4.78 is 0. The van der Waals surface area contributed by atoms with E-state index in [4.69, 9.17) is 0 Å². The van der Waals surface area contributed by atoms with Gasteiger partial charge in [-0.1, -0.05) is 33.6 Å². The fraction of sp³-hybridized carbons (Fsp3) is 0.688. The van der Waals surface area contributed by atoms with Crippen LogP contribution < -0.4 is 5.32 Å². The molecule has 2 nitrogen and oxygen atoms in total. The van der Waals surface area contributed by atoms with Gasteiger partial charge < -0.3 is 5.32 Å². The van der Waals surface area contributed by atoms with E-state index in [2.05, 4.69) is 44.1 Å². The second-order valence-corrected chi connectivity index (χ2v) is 6.76. The Bertz CT molecular complexity index is 392. The number of nitrogens with zero attached hydrogens (tertiary/aromatic N) is 1. The van der Waals surface area contributed by atoms with Crippen molar-refractivity contribution in [3.8, 4) is 0 Å². The molecule has 2 rings (SSSR count). The number of hydrogen-bond acceptors (Lipinski definition) is 2. The van der Waals surface area contributed by atoms with E-state index in [0.717, 1.165) is 5.92 Å². The van der Waals surface area contributed by atoms with E-state index in [1.54, 1.807) is 0 Å². The van der Waals surface area contributed by atoms with Crippen LogP contribution in [-0.2, 0) is 0 Å². The van der Waals surface area contributed by atoms with Gasteiger partial charge in [-0.25, -0.2) is 0 Å². The number of aryl methyl sites for hydroxylation is 1. The maximum Gasteiger partial charge on any atom is 0.0531 e. The lowest BCUT2D eigenvalue weighted by molar-refractivity contribution is 0.163. The summed E-state index contributed by atoms with van der Waals surface area (Å²) in [5.41, 5.74) is 2.79. The third kappa shape index (κ3) is 3.24. The van der Waals surface area contributed by atoms with Gasteiger partial charge in [-0.2, -0.15) is 0 Å². The highest BCUT2D eigenvalue weighted by Crippen LogP contribution is 2.39. The minimum Gasteiger partial charge on any atom is -0.381 e. The zero-order valence-electron chi connectivity index (χ0n) is 12.2. The quantitative estimate of drug-likeness (QED) is 0.836. The minimum absolute atomic E-state index is 0.384. The molecule has 0 bridgehead atoms. The number of hydrogen-bond donors (Lipinski definition) is 1. The van der Waals surface area contributed by atoms with Gasteiger partial charge in [-0.05, 0) is 42.7 Å². The molecule has 1 N–H and O–H groups in total. The van der Waals surface area contributed by atoms with Crippen LogP contribution >= 0.6 is 0 Å². The molecular formula is C16H26N2. The maximum atomic E-state index is 4.27. The van der Waals surface area contributed by atoms with Gasteiger partial charge in [0.2, 0.25) is 0 Å². The highest BCUT2D eigenvalue weighted by molar-refractivity contribution is 5.43. The number of anilines is 1. The predicted molar refractivity (Wildman–Crippen MR) is 77.8 cm³/mol. The van der Waals surface area contributed by atoms with Crippen LogP contribution in [0.2, 0.25) is 0 Å². The van der Waals surface area contributed by atoms with E-state index in [1.807, 2.05) is 12.4 Å².